The maximum atomic E-state index is 2.53. The van der Waals surface area contributed by atoms with Gasteiger partial charge in [0.2, 0.25) is 0 Å². The van der Waals surface area contributed by atoms with Gasteiger partial charge in [-0.25, -0.2) is 0 Å². The molecule has 0 aliphatic heterocycles. The fourth-order valence-corrected chi connectivity index (χ4v) is 12.9. The molecule has 4 aliphatic rings. The summed E-state index contributed by atoms with van der Waals surface area (Å²) in [6, 6.07) is 80.7. The maximum absolute atomic E-state index is 2.53. The second-order valence-corrected chi connectivity index (χ2v) is 20.0. The van der Waals surface area contributed by atoms with Gasteiger partial charge in [-0.15, -0.1) is 0 Å². The smallest absolute Gasteiger partial charge is 0.0725 e. The normalized spacial score (nSPS) is 15.3. The zero-order valence-corrected chi connectivity index (χ0v) is 37.7. The van der Waals surface area contributed by atoms with Gasteiger partial charge in [-0.1, -0.05) is 191 Å². The van der Waals surface area contributed by atoms with E-state index in [2.05, 4.69) is 245 Å². The van der Waals surface area contributed by atoms with Crippen molar-refractivity contribution in [2.24, 2.45) is 0 Å². The lowest BCUT2D eigenvalue weighted by Gasteiger charge is -2.32. The van der Waals surface area contributed by atoms with E-state index in [4.69, 9.17) is 0 Å². The van der Waals surface area contributed by atoms with Gasteiger partial charge in [0.15, 0.2) is 0 Å². The van der Waals surface area contributed by atoms with Crippen LogP contribution in [0.1, 0.15) is 72.2 Å². The second-order valence-electron chi connectivity index (χ2n) is 20.0. The fourth-order valence-electron chi connectivity index (χ4n) is 12.9. The lowest BCUT2D eigenvalue weighted by molar-refractivity contribution is 0.660. The number of anilines is 3. The lowest BCUT2D eigenvalue weighted by Crippen LogP contribution is -2.25. The topological polar surface area (TPSA) is 3.24 Å². The molecule has 0 unspecified atom stereocenters. The molecule has 0 heterocycles. The average Bonchev–Trinajstić information content (AvgIpc) is 3.98. The molecule has 1 heteroatoms. The number of rotatable bonds is 4. The van der Waals surface area contributed by atoms with Gasteiger partial charge in [-0.3, -0.25) is 0 Å². The molecular formula is C65H47N. The highest BCUT2D eigenvalue weighted by molar-refractivity contribution is 5.97. The van der Waals surface area contributed by atoms with Crippen molar-refractivity contribution in [2.75, 3.05) is 4.90 Å². The van der Waals surface area contributed by atoms with Crippen molar-refractivity contribution in [2.45, 2.75) is 43.9 Å². The van der Waals surface area contributed by atoms with E-state index in [0.29, 0.717) is 0 Å². The van der Waals surface area contributed by atoms with E-state index in [1.807, 2.05) is 0 Å². The van der Waals surface area contributed by atoms with Crippen LogP contribution in [0.25, 0.3) is 66.4 Å². The van der Waals surface area contributed by atoms with E-state index < -0.39 is 0 Å². The van der Waals surface area contributed by atoms with Crippen molar-refractivity contribution in [1.82, 2.24) is 0 Å². The fraction of sp³-hybridized carbons (Fsp3) is 0.108. The Morgan fingerprint density at radius 2 is 0.636 bits per heavy atom. The van der Waals surface area contributed by atoms with Crippen LogP contribution in [0.5, 0.6) is 0 Å². The van der Waals surface area contributed by atoms with Crippen molar-refractivity contribution < 1.29 is 0 Å². The predicted octanol–water partition coefficient (Wildman–Crippen LogP) is 16.9. The molecule has 312 valence electrons. The van der Waals surface area contributed by atoms with E-state index in [1.165, 1.54) is 117 Å². The van der Waals surface area contributed by atoms with Gasteiger partial charge in [-0.2, -0.15) is 0 Å². The van der Waals surface area contributed by atoms with Crippen LogP contribution in [0.3, 0.4) is 0 Å². The molecule has 10 aromatic rings. The minimum Gasteiger partial charge on any atom is -0.310 e. The van der Waals surface area contributed by atoms with Crippen LogP contribution in [0.15, 0.2) is 212 Å². The lowest BCUT2D eigenvalue weighted by atomic mass is 9.70. The molecule has 14 rings (SSSR count). The molecule has 0 saturated carbocycles. The van der Waals surface area contributed by atoms with Crippen molar-refractivity contribution in [3.8, 4) is 55.6 Å². The summed E-state index contributed by atoms with van der Waals surface area (Å²) in [5, 5.41) is 2.54. The molecule has 10 aromatic carbocycles. The summed E-state index contributed by atoms with van der Waals surface area (Å²) in [5.74, 6) is 0. The zero-order valence-electron chi connectivity index (χ0n) is 37.7. The molecule has 0 N–H and O–H groups in total. The quantitative estimate of drug-likeness (QED) is 0.171. The van der Waals surface area contributed by atoms with Gasteiger partial charge in [0.05, 0.1) is 5.41 Å². The van der Waals surface area contributed by atoms with Crippen LogP contribution in [0.2, 0.25) is 0 Å². The monoisotopic (exact) mass is 841 g/mol. The van der Waals surface area contributed by atoms with Crippen molar-refractivity contribution in [3.05, 3.63) is 257 Å². The van der Waals surface area contributed by atoms with Crippen LogP contribution >= 0.6 is 0 Å². The third-order valence-corrected chi connectivity index (χ3v) is 16.1. The Labute approximate surface area is 387 Å². The summed E-state index contributed by atoms with van der Waals surface area (Å²) in [4.78, 5) is 2.53. The summed E-state index contributed by atoms with van der Waals surface area (Å²) in [6.07, 6.45) is 0. The highest BCUT2D eigenvalue weighted by Crippen LogP contribution is 2.63. The van der Waals surface area contributed by atoms with Crippen LogP contribution in [0, 0.1) is 0 Å². The SMILES string of the molecule is CC1(C)c2ccccc2-c2ccc(N(c3ccc4c(c3)-c3ccccc3C43c4ccccc4-c4ccccc43)c3ccc4c(c3)C(C)(C)c3cc(-c5ccc6ccccc6c5)ccc3-4)cc21. The average molecular weight is 842 g/mol. The first kappa shape index (κ1) is 37.6. The first-order valence-corrected chi connectivity index (χ1v) is 23.5. The minimum atomic E-state index is -0.388. The largest absolute Gasteiger partial charge is 0.310 e. The van der Waals surface area contributed by atoms with Crippen LogP contribution in [0.4, 0.5) is 17.1 Å². The van der Waals surface area contributed by atoms with Gasteiger partial charge in [0.25, 0.3) is 0 Å². The van der Waals surface area contributed by atoms with Crippen molar-refractivity contribution in [1.29, 1.82) is 0 Å². The Bertz CT molecular complexity index is 3680. The van der Waals surface area contributed by atoms with E-state index >= 15 is 0 Å². The Morgan fingerprint density at radius 1 is 0.258 bits per heavy atom. The number of nitrogens with zero attached hydrogens (tertiary/aromatic N) is 1. The summed E-state index contributed by atoms with van der Waals surface area (Å²) < 4.78 is 0. The molecular weight excluding hydrogens is 795 g/mol. The molecule has 0 aromatic heterocycles. The molecule has 0 radical (unpaired) electrons. The summed E-state index contributed by atoms with van der Waals surface area (Å²) in [6.45, 7) is 9.59. The van der Waals surface area contributed by atoms with Gasteiger partial charge in [-0.05, 0) is 159 Å². The minimum absolute atomic E-state index is 0.134. The Hall–Kier alpha value is -7.74. The van der Waals surface area contributed by atoms with Crippen LogP contribution in [-0.4, -0.2) is 0 Å². The second kappa shape index (κ2) is 13.2. The first-order chi connectivity index (χ1) is 32.2. The number of hydrogen-bond acceptors (Lipinski definition) is 1. The molecule has 0 fully saturated rings. The van der Waals surface area contributed by atoms with E-state index in [0.717, 1.165) is 11.4 Å². The highest BCUT2D eigenvalue weighted by Gasteiger charge is 2.51. The van der Waals surface area contributed by atoms with Gasteiger partial charge < -0.3 is 4.90 Å². The molecule has 0 atom stereocenters. The molecule has 66 heavy (non-hydrogen) atoms. The summed E-state index contributed by atoms with van der Waals surface area (Å²) in [7, 11) is 0. The number of benzene rings is 10. The van der Waals surface area contributed by atoms with Gasteiger partial charge in [0.1, 0.15) is 0 Å². The molecule has 0 bridgehead atoms. The third kappa shape index (κ3) is 4.85. The van der Waals surface area contributed by atoms with Gasteiger partial charge >= 0.3 is 0 Å². The van der Waals surface area contributed by atoms with Crippen molar-refractivity contribution >= 4 is 27.8 Å². The standard InChI is InChI=1S/C65H47N/c1-63(2)55-21-11-7-17-47(55)52-32-28-45(38-61(52)63)66(46-29-33-53-51-31-27-43(36-60(51)64(3,4)62(53)39-46)42-26-25-40-15-5-6-16-41(40)35-42)44-30-34-59-54(37-44)50-20-10-14-24-58(50)65(59)56-22-12-8-18-48(56)49-19-9-13-23-57(49)65/h5-39H,1-4H3. The molecule has 1 spiro atoms. The van der Waals surface area contributed by atoms with E-state index in [1.54, 1.807) is 0 Å². The van der Waals surface area contributed by atoms with Crippen LogP contribution < -0.4 is 4.90 Å². The Morgan fingerprint density at radius 3 is 1.24 bits per heavy atom. The van der Waals surface area contributed by atoms with Gasteiger partial charge in [0, 0.05) is 27.9 Å². The molecule has 0 saturated heterocycles. The number of hydrogen-bond donors (Lipinski definition) is 0. The van der Waals surface area contributed by atoms with E-state index in [-0.39, 0.29) is 16.2 Å². The summed E-state index contributed by atoms with van der Waals surface area (Å²) in [5.41, 5.74) is 26.8. The molecule has 1 nitrogen and oxygen atoms in total. The Kier molecular flexibility index (Phi) is 7.51. The van der Waals surface area contributed by atoms with Crippen molar-refractivity contribution in [3.63, 3.8) is 0 Å². The van der Waals surface area contributed by atoms with E-state index in [9.17, 15) is 0 Å². The molecule has 0 amide bonds. The third-order valence-electron chi connectivity index (χ3n) is 16.1. The number of fused-ring (bicyclic) bond motifs is 17. The maximum Gasteiger partial charge on any atom is 0.0725 e. The zero-order chi connectivity index (χ0) is 44.1. The van der Waals surface area contributed by atoms with Crippen LogP contribution in [-0.2, 0) is 16.2 Å². The summed E-state index contributed by atoms with van der Waals surface area (Å²) >= 11 is 0. The highest BCUT2D eigenvalue weighted by atomic mass is 15.1. The predicted molar refractivity (Wildman–Crippen MR) is 275 cm³/mol. The Balaban J connectivity index is 0.955. The molecule has 4 aliphatic carbocycles. The first-order valence-electron chi connectivity index (χ1n) is 23.5.